The third-order valence-corrected chi connectivity index (χ3v) is 3.36. The van der Waals surface area contributed by atoms with E-state index in [1.807, 2.05) is 0 Å². The van der Waals surface area contributed by atoms with E-state index in [1.165, 1.54) is 12.8 Å². The largest absolute Gasteiger partial charge is 0.395 e. The van der Waals surface area contributed by atoms with Crippen LogP contribution in [0.4, 0.5) is 0 Å². The summed E-state index contributed by atoms with van der Waals surface area (Å²) < 4.78 is 0. The van der Waals surface area contributed by atoms with Gasteiger partial charge in [-0.05, 0) is 18.8 Å². The van der Waals surface area contributed by atoms with Crippen molar-refractivity contribution in [2.45, 2.75) is 51.6 Å². The van der Waals surface area contributed by atoms with E-state index in [-0.39, 0.29) is 24.6 Å². The Morgan fingerprint density at radius 1 is 1.40 bits per heavy atom. The molecule has 0 radical (unpaired) electrons. The number of hydrogen-bond acceptors (Lipinski definition) is 3. The minimum absolute atomic E-state index is 0.129. The Hall–Kier alpha value is -0.590. The van der Waals surface area contributed by atoms with Crippen LogP contribution in [-0.2, 0) is 0 Å². The molecule has 0 bridgehead atoms. The number of rotatable bonds is 4. The average Bonchev–Trinajstić information content (AvgIpc) is 2.25. The predicted molar refractivity (Wildman–Crippen MR) is 60.2 cm³/mol. The summed E-state index contributed by atoms with van der Waals surface area (Å²) in [6, 6.07) is 2.79. The smallest absolute Gasteiger partial charge is 0.0672 e. The van der Waals surface area contributed by atoms with Crippen molar-refractivity contribution in [1.29, 1.82) is 5.26 Å². The summed E-state index contributed by atoms with van der Waals surface area (Å²) in [5.74, 6) is 0.544. The second kappa shape index (κ2) is 6.09. The first-order chi connectivity index (χ1) is 7.19. The Labute approximate surface area is 92.5 Å². The Bertz CT molecular complexity index is 222. The van der Waals surface area contributed by atoms with Crippen LogP contribution in [0.15, 0.2) is 0 Å². The van der Waals surface area contributed by atoms with Crippen molar-refractivity contribution < 1.29 is 5.11 Å². The van der Waals surface area contributed by atoms with E-state index < -0.39 is 0 Å². The van der Waals surface area contributed by atoms with Gasteiger partial charge in [0.2, 0.25) is 0 Å². The van der Waals surface area contributed by atoms with E-state index in [4.69, 9.17) is 5.26 Å². The molecule has 1 aliphatic rings. The molecule has 3 unspecified atom stereocenters. The van der Waals surface area contributed by atoms with Gasteiger partial charge >= 0.3 is 0 Å². The number of aliphatic hydroxyl groups is 1. The van der Waals surface area contributed by atoms with Crippen LogP contribution in [-0.4, -0.2) is 23.8 Å². The summed E-state index contributed by atoms with van der Waals surface area (Å²) in [5, 5.41) is 21.7. The van der Waals surface area contributed by atoms with Gasteiger partial charge in [-0.15, -0.1) is 0 Å². The fourth-order valence-corrected chi connectivity index (χ4v) is 2.22. The highest BCUT2D eigenvalue weighted by molar-refractivity contribution is 4.95. The lowest BCUT2D eigenvalue weighted by atomic mass is 9.84. The summed E-state index contributed by atoms with van der Waals surface area (Å²) >= 11 is 0. The van der Waals surface area contributed by atoms with Crippen molar-refractivity contribution in [1.82, 2.24) is 5.32 Å². The molecule has 0 amide bonds. The van der Waals surface area contributed by atoms with Gasteiger partial charge in [-0.2, -0.15) is 5.26 Å². The third kappa shape index (κ3) is 3.48. The maximum Gasteiger partial charge on any atom is 0.0672 e. The molecular formula is C12H22N2O. The van der Waals surface area contributed by atoms with E-state index in [9.17, 15) is 5.11 Å². The van der Waals surface area contributed by atoms with Gasteiger partial charge in [0, 0.05) is 12.1 Å². The predicted octanol–water partition coefficient (Wildman–Crippen LogP) is 1.68. The zero-order chi connectivity index (χ0) is 11.3. The van der Waals surface area contributed by atoms with Gasteiger partial charge in [-0.3, -0.25) is 0 Å². The van der Waals surface area contributed by atoms with Crippen molar-refractivity contribution in [3.8, 4) is 6.07 Å². The van der Waals surface area contributed by atoms with Gasteiger partial charge in [-0.25, -0.2) is 0 Å². The van der Waals surface area contributed by atoms with Crippen molar-refractivity contribution >= 4 is 0 Å². The molecule has 15 heavy (non-hydrogen) atoms. The number of nitriles is 1. The van der Waals surface area contributed by atoms with Gasteiger partial charge in [0.15, 0.2) is 0 Å². The van der Waals surface area contributed by atoms with Crippen LogP contribution in [0, 0.1) is 23.2 Å². The van der Waals surface area contributed by atoms with Crippen molar-refractivity contribution in [2.24, 2.45) is 11.8 Å². The number of nitrogens with one attached hydrogen (secondary N) is 1. The molecule has 0 aliphatic heterocycles. The molecule has 1 aliphatic carbocycles. The first-order valence-corrected chi connectivity index (χ1v) is 5.95. The molecule has 1 rings (SSSR count). The molecule has 0 saturated heterocycles. The number of hydrogen-bond donors (Lipinski definition) is 2. The summed E-state index contributed by atoms with van der Waals surface area (Å²) in [6.45, 7) is 4.35. The number of nitrogens with zero attached hydrogens (tertiary/aromatic N) is 1. The first-order valence-electron chi connectivity index (χ1n) is 5.95. The molecule has 0 aromatic heterocycles. The standard InChI is InChI=1S/C12H22N2O/c1-9(2)12(8-15)14-11-6-4-3-5-10(11)7-13/h9-12,14-15H,3-6,8H2,1-2H3. The van der Waals surface area contributed by atoms with E-state index in [0.29, 0.717) is 5.92 Å². The molecule has 3 nitrogen and oxygen atoms in total. The molecule has 1 saturated carbocycles. The Kier molecular flexibility index (Phi) is 5.07. The molecule has 0 spiro atoms. The fraction of sp³-hybridized carbons (Fsp3) is 0.917. The van der Waals surface area contributed by atoms with E-state index in [2.05, 4.69) is 25.2 Å². The molecule has 3 atom stereocenters. The van der Waals surface area contributed by atoms with Crippen LogP contribution in [0.1, 0.15) is 39.5 Å². The van der Waals surface area contributed by atoms with Crippen LogP contribution < -0.4 is 5.32 Å². The van der Waals surface area contributed by atoms with Gasteiger partial charge in [0.05, 0.1) is 18.6 Å². The lowest BCUT2D eigenvalue weighted by molar-refractivity contribution is 0.177. The summed E-state index contributed by atoms with van der Waals surface area (Å²) in [5.41, 5.74) is 0. The molecule has 0 aromatic rings. The monoisotopic (exact) mass is 210 g/mol. The maximum absolute atomic E-state index is 9.24. The zero-order valence-corrected chi connectivity index (χ0v) is 9.74. The lowest BCUT2D eigenvalue weighted by Gasteiger charge is -2.32. The molecule has 1 fully saturated rings. The Balaban J connectivity index is 2.50. The minimum atomic E-state index is 0.129. The van der Waals surface area contributed by atoms with Crippen molar-refractivity contribution in [3.05, 3.63) is 0 Å². The summed E-state index contributed by atoms with van der Waals surface area (Å²) in [6.07, 6.45) is 4.44. The lowest BCUT2D eigenvalue weighted by Crippen LogP contribution is -2.47. The Morgan fingerprint density at radius 2 is 2.07 bits per heavy atom. The van der Waals surface area contributed by atoms with Crippen molar-refractivity contribution in [2.75, 3.05) is 6.61 Å². The normalized spacial score (nSPS) is 28.7. The van der Waals surface area contributed by atoms with Gasteiger partial charge in [0.1, 0.15) is 0 Å². The summed E-state index contributed by atoms with van der Waals surface area (Å²) in [4.78, 5) is 0. The molecule has 86 valence electrons. The highest BCUT2D eigenvalue weighted by atomic mass is 16.3. The highest BCUT2D eigenvalue weighted by Gasteiger charge is 2.27. The molecule has 2 N–H and O–H groups in total. The van der Waals surface area contributed by atoms with Crippen LogP contribution in [0.2, 0.25) is 0 Å². The second-order valence-corrected chi connectivity index (χ2v) is 4.83. The molecular weight excluding hydrogens is 188 g/mol. The van der Waals surface area contributed by atoms with Crippen molar-refractivity contribution in [3.63, 3.8) is 0 Å². The topological polar surface area (TPSA) is 56.0 Å². The van der Waals surface area contributed by atoms with Crippen LogP contribution in [0.5, 0.6) is 0 Å². The van der Waals surface area contributed by atoms with Crippen LogP contribution >= 0.6 is 0 Å². The average molecular weight is 210 g/mol. The first kappa shape index (κ1) is 12.5. The van der Waals surface area contributed by atoms with Crippen LogP contribution in [0.3, 0.4) is 0 Å². The van der Waals surface area contributed by atoms with Crippen LogP contribution in [0.25, 0.3) is 0 Å². The van der Waals surface area contributed by atoms with Gasteiger partial charge in [0.25, 0.3) is 0 Å². The number of aliphatic hydroxyl groups excluding tert-OH is 1. The second-order valence-electron chi connectivity index (χ2n) is 4.83. The summed E-state index contributed by atoms with van der Waals surface area (Å²) in [7, 11) is 0. The minimum Gasteiger partial charge on any atom is -0.395 e. The van der Waals surface area contributed by atoms with Gasteiger partial charge in [-0.1, -0.05) is 26.7 Å². The quantitative estimate of drug-likeness (QED) is 0.742. The van der Waals surface area contributed by atoms with E-state index in [0.717, 1.165) is 12.8 Å². The zero-order valence-electron chi connectivity index (χ0n) is 9.74. The fourth-order valence-electron chi connectivity index (χ4n) is 2.22. The van der Waals surface area contributed by atoms with Gasteiger partial charge < -0.3 is 10.4 Å². The highest BCUT2D eigenvalue weighted by Crippen LogP contribution is 2.24. The van der Waals surface area contributed by atoms with E-state index >= 15 is 0 Å². The SMILES string of the molecule is CC(C)C(CO)NC1CCCCC1C#N. The van der Waals surface area contributed by atoms with E-state index in [1.54, 1.807) is 0 Å². The molecule has 0 heterocycles. The third-order valence-electron chi connectivity index (χ3n) is 3.36. The molecule has 0 aromatic carbocycles. The molecule has 3 heteroatoms. The maximum atomic E-state index is 9.24. The Morgan fingerprint density at radius 3 is 2.60 bits per heavy atom.